The molecular formula is C15H21N3S. The van der Waals surface area contributed by atoms with Crippen LogP contribution >= 0.6 is 11.8 Å². The van der Waals surface area contributed by atoms with Gasteiger partial charge in [0, 0.05) is 18.0 Å². The average molecular weight is 275 g/mol. The molecule has 1 atom stereocenters. The van der Waals surface area contributed by atoms with E-state index in [9.17, 15) is 0 Å². The molecule has 0 radical (unpaired) electrons. The van der Waals surface area contributed by atoms with Gasteiger partial charge in [-0.25, -0.2) is 0 Å². The van der Waals surface area contributed by atoms with E-state index in [1.165, 1.54) is 16.0 Å². The third kappa shape index (κ3) is 3.61. The summed E-state index contributed by atoms with van der Waals surface area (Å²) in [6.07, 6.45) is 0.904. The van der Waals surface area contributed by atoms with Gasteiger partial charge >= 0.3 is 0 Å². The number of rotatable bonds is 4. The van der Waals surface area contributed by atoms with Crippen LogP contribution in [0.15, 0.2) is 34.2 Å². The quantitative estimate of drug-likeness (QED) is 0.932. The highest BCUT2D eigenvalue weighted by atomic mass is 32.2. The van der Waals surface area contributed by atoms with Crippen LogP contribution in [0.2, 0.25) is 0 Å². The second-order valence-electron chi connectivity index (χ2n) is 5.14. The van der Waals surface area contributed by atoms with Gasteiger partial charge in [0.05, 0.1) is 10.7 Å². The summed E-state index contributed by atoms with van der Waals surface area (Å²) in [5.41, 5.74) is 9.59. The largest absolute Gasteiger partial charge is 0.328 e. The zero-order valence-electron chi connectivity index (χ0n) is 12.0. The number of aryl methyl sites for hydroxylation is 3. The van der Waals surface area contributed by atoms with Gasteiger partial charge in [-0.05, 0) is 44.9 Å². The molecule has 0 saturated carbocycles. The van der Waals surface area contributed by atoms with Crippen LogP contribution in [0.3, 0.4) is 0 Å². The van der Waals surface area contributed by atoms with Crippen LogP contribution in [0.1, 0.15) is 23.7 Å². The Balaban J connectivity index is 2.31. The van der Waals surface area contributed by atoms with Crippen LogP contribution in [0.4, 0.5) is 0 Å². The smallest absolute Gasteiger partial charge is 0.0987 e. The Morgan fingerprint density at radius 2 is 2.05 bits per heavy atom. The molecule has 1 unspecified atom stereocenters. The summed E-state index contributed by atoms with van der Waals surface area (Å²) in [6, 6.07) is 8.85. The van der Waals surface area contributed by atoms with Crippen LogP contribution in [0, 0.1) is 13.8 Å². The molecule has 0 aliphatic carbocycles. The van der Waals surface area contributed by atoms with Crippen molar-refractivity contribution >= 4 is 11.8 Å². The lowest BCUT2D eigenvalue weighted by Gasteiger charge is -2.12. The lowest BCUT2D eigenvalue weighted by atomic mass is 10.1. The maximum absolute atomic E-state index is 5.94. The molecule has 3 nitrogen and oxygen atoms in total. The number of aromatic nitrogens is 2. The normalized spacial score (nSPS) is 12.7. The first-order chi connectivity index (χ1) is 8.95. The van der Waals surface area contributed by atoms with Crippen molar-refractivity contribution in [3.05, 3.63) is 41.1 Å². The van der Waals surface area contributed by atoms with E-state index in [4.69, 9.17) is 5.73 Å². The van der Waals surface area contributed by atoms with E-state index in [2.05, 4.69) is 36.3 Å². The molecule has 2 aromatic rings. The van der Waals surface area contributed by atoms with Gasteiger partial charge in [-0.2, -0.15) is 5.10 Å². The van der Waals surface area contributed by atoms with E-state index >= 15 is 0 Å². The summed E-state index contributed by atoms with van der Waals surface area (Å²) in [4.78, 5) is 1.27. The van der Waals surface area contributed by atoms with E-state index in [0.717, 1.165) is 17.1 Å². The number of hydrogen-bond donors (Lipinski definition) is 1. The molecule has 1 heterocycles. The second kappa shape index (κ2) is 5.80. The number of hydrogen-bond acceptors (Lipinski definition) is 3. The maximum atomic E-state index is 5.94. The Hall–Kier alpha value is -1.26. The minimum atomic E-state index is 0.175. The summed E-state index contributed by atoms with van der Waals surface area (Å²) in [5, 5.41) is 5.55. The van der Waals surface area contributed by atoms with Gasteiger partial charge in [0.2, 0.25) is 0 Å². The highest BCUT2D eigenvalue weighted by molar-refractivity contribution is 7.99. The Kier molecular flexibility index (Phi) is 4.32. The first-order valence-corrected chi connectivity index (χ1v) is 7.31. The zero-order valence-corrected chi connectivity index (χ0v) is 12.8. The van der Waals surface area contributed by atoms with Gasteiger partial charge in [-0.3, -0.25) is 4.68 Å². The van der Waals surface area contributed by atoms with Crippen LogP contribution < -0.4 is 5.73 Å². The van der Waals surface area contributed by atoms with E-state index < -0.39 is 0 Å². The van der Waals surface area contributed by atoms with Crippen molar-refractivity contribution in [1.82, 2.24) is 9.78 Å². The lowest BCUT2D eigenvalue weighted by Crippen LogP contribution is -2.18. The summed E-state index contributed by atoms with van der Waals surface area (Å²) in [5.74, 6) is 0. The van der Waals surface area contributed by atoms with Crippen LogP contribution in [-0.2, 0) is 13.5 Å². The van der Waals surface area contributed by atoms with Crippen LogP contribution in [0.5, 0.6) is 0 Å². The van der Waals surface area contributed by atoms with Crippen molar-refractivity contribution in [3.63, 3.8) is 0 Å². The monoisotopic (exact) mass is 275 g/mol. The van der Waals surface area contributed by atoms with E-state index in [0.29, 0.717) is 0 Å². The molecule has 102 valence electrons. The van der Waals surface area contributed by atoms with Gasteiger partial charge in [-0.1, -0.05) is 29.5 Å². The fourth-order valence-corrected chi connectivity index (χ4v) is 3.15. The summed E-state index contributed by atoms with van der Waals surface area (Å²) in [7, 11) is 1.98. The van der Waals surface area contributed by atoms with Gasteiger partial charge in [0.1, 0.15) is 0 Å². The Labute approximate surface area is 119 Å². The fraction of sp³-hybridized carbons (Fsp3) is 0.400. The van der Waals surface area contributed by atoms with Crippen molar-refractivity contribution in [2.24, 2.45) is 12.8 Å². The fourth-order valence-electron chi connectivity index (χ4n) is 2.11. The van der Waals surface area contributed by atoms with E-state index in [-0.39, 0.29) is 6.04 Å². The molecule has 1 aromatic carbocycles. The van der Waals surface area contributed by atoms with Gasteiger partial charge in [0.25, 0.3) is 0 Å². The molecule has 1 aromatic heterocycles. The number of nitrogens with two attached hydrogens (primary N) is 1. The van der Waals surface area contributed by atoms with Crippen molar-refractivity contribution in [2.75, 3.05) is 0 Å². The molecule has 0 fully saturated rings. The Bertz CT molecular complexity index is 573. The molecule has 0 saturated heterocycles. The molecule has 0 bridgehead atoms. The molecule has 0 aliphatic rings. The van der Waals surface area contributed by atoms with E-state index in [1.807, 2.05) is 25.6 Å². The molecule has 0 aliphatic heterocycles. The van der Waals surface area contributed by atoms with Crippen LogP contribution in [-0.4, -0.2) is 15.8 Å². The van der Waals surface area contributed by atoms with E-state index in [1.54, 1.807) is 11.8 Å². The first kappa shape index (κ1) is 14.2. The Morgan fingerprint density at radius 3 is 2.63 bits per heavy atom. The molecule has 0 spiro atoms. The summed E-state index contributed by atoms with van der Waals surface area (Å²) < 4.78 is 1.93. The molecule has 4 heteroatoms. The molecule has 2 rings (SSSR count). The molecule has 19 heavy (non-hydrogen) atoms. The predicted molar refractivity (Wildman–Crippen MR) is 80.6 cm³/mol. The standard InChI is InChI=1S/C15H21N3S/c1-10-5-6-14(13(7-10)8-11(2)16)19-15-9-12(3)17-18(15)4/h5-7,9,11H,8,16H2,1-4H3. The second-order valence-corrected chi connectivity index (χ2v) is 6.20. The SMILES string of the molecule is Cc1ccc(Sc2cc(C)nn2C)c(CC(C)N)c1. The van der Waals surface area contributed by atoms with Crippen molar-refractivity contribution < 1.29 is 0 Å². The molecule has 2 N–H and O–H groups in total. The highest BCUT2D eigenvalue weighted by Gasteiger charge is 2.10. The average Bonchev–Trinajstić information content (AvgIpc) is 2.60. The third-order valence-corrected chi connectivity index (χ3v) is 4.14. The minimum Gasteiger partial charge on any atom is -0.328 e. The van der Waals surface area contributed by atoms with Gasteiger partial charge in [0.15, 0.2) is 0 Å². The van der Waals surface area contributed by atoms with Gasteiger partial charge < -0.3 is 5.73 Å². The number of benzene rings is 1. The van der Waals surface area contributed by atoms with Crippen molar-refractivity contribution in [2.45, 2.75) is 43.2 Å². The van der Waals surface area contributed by atoms with Gasteiger partial charge in [-0.15, -0.1) is 0 Å². The molecular weight excluding hydrogens is 254 g/mol. The van der Waals surface area contributed by atoms with Crippen molar-refractivity contribution in [1.29, 1.82) is 0 Å². The summed E-state index contributed by atoms with van der Waals surface area (Å²) in [6.45, 7) is 6.18. The predicted octanol–water partition coefficient (Wildman–Crippen LogP) is 3.08. The topological polar surface area (TPSA) is 43.8 Å². The van der Waals surface area contributed by atoms with Crippen molar-refractivity contribution in [3.8, 4) is 0 Å². The zero-order chi connectivity index (χ0) is 14.0. The highest BCUT2D eigenvalue weighted by Crippen LogP contribution is 2.31. The summed E-state index contributed by atoms with van der Waals surface area (Å²) >= 11 is 1.76. The molecule has 0 amide bonds. The number of nitrogens with zero attached hydrogens (tertiary/aromatic N) is 2. The van der Waals surface area contributed by atoms with Crippen LogP contribution in [0.25, 0.3) is 0 Å². The first-order valence-electron chi connectivity index (χ1n) is 6.49. The Morgan fingerprint density at radius 1 is 1.32 bits per heavy atom. The third-order valence-electron chi connectivity index (χ3n) is 2.93. The minimum absolute atomic E-state index is 0.175. The lowest BCUT2D eigenvalue weighted by molar-refractivity contribution is 0.691. The maximum Gasteiger partial charge on any atom is 0.0987 e.